The number of nitrogens with zero attached hydrogens (tertiary/aromatic N) is 3. The Bertz CT molecular complexity index is 3910. The molecule has 0 aliphatic heterocycles. The number of aryl methyl sites for hydroxylation is 1. The molecule has 1 N–H and O–H groups in total. The molecule has 8 aromatic rings. The molecule has 6 aromatic carbocycles. The molecule has 2 heterocycles. The molecule has 0 aliphatic carbocycles. The summed E-state index contributed by atoms with van der Waals surface area (Å²) in [7, 11) is 0. The number of para-hydroxylation sites is 1. The summed E-state index contributed by atoms with van der Waals surface area (Å²) in [6.07, 6.45) is 1.38. The van der Waals surface area contributed by atoms with Crippen LogP contribution in [0.4, 0.5) is 0 Å². The van der Waals surface area contributed by atoms with E-state index in [1.165, 1.54) is 18.3 Å². The van der Waals surface area contributed by atoms with Gasteiger partial charge in [0.1, 0.15) is 11.6 Å². The monoisotopic (exact) mass is 1120 g/mol. The Balaban J connectivity index is 0.0000108. The first-order valence-corrected chi connectivity index (χ1v) is 23.5. The number of phenolic OH excluding ortho intramolecular Hbond substituents is 1. The van der Waals surface area contributed by atoms with Crippen molar-refractivity contribution < 1.29 is 49.5 Å². The van der Waals surface area contributed by atoms with E-state index in [4.69, 9.17) is 20.1 Å². The van der Waals surface area contributed by atoms with Crippen LogP contribution in [0.5, 0.6) is 5.75 Å². The quantitative estimate of drug-likeness (QED) is 0.154. The number of aromatic hydroxyl groups is 1. The van der Waals surface area contributed by atoms with Gasteiger partial charge in [-0.05, 0) is 121 Å². The first kappa shape index (κ1) is 33.9. The SMILES string of the molecule is [2H]c1c([2H])c(C(C([2H])([2H])[2H])(C([2H])([2H])[2H])C([2H])([2H])[2H])c([2H])c([2H])c1-c1ccnc(-c2[c-]c(-c3cccc4c3nc(-c3cc(C(C)(C)C)cc(C(C)(C)C)c3O)n4-c3ccc(-c4c(C(C)C)cccc4C([2H])(C)C)cc3C([2H])([2H])[2H])cc(C(C)(C)C)c2)c1.[Pt]. The Morgan fingerprint density at radius 1 is 0.643 bits per heavy atom. The predicted molar refractivity (Wildman–Crippen MR) is 294 cm³/mol. The standard InChI is InChI=1S/C65H74N3O.Pt/c1-39(2)50-20-18-21-51(40(3)4)58(50)44-26-29-56(41(5)32-44)68-57-23-19-22-52(59(57)67-61(68)53-37-49(64(12,13)14)38-54(60(53)69)65(15,16)17)45-33-46(35-48(34-45)63(9,10)11)55-36-43(30-31-66-55)42-24-27-47(28-25-42)62(6,7)8;/h18-32,34-40,69H,1-17H3;/q-1;/i5D3,6D3,7D3,8D3,24D,25D,27D,28D,39D;. The molecular formula is C65H74N3OPt-. The van der Waals surface area contributed by atoms with Gasteiger partial charge in [-0.3, -0.25) is 9.55 Å². The number of fused-ring (bicyclic) bond motifs is 1. The van der Waals surface area contributed by atoms with Crippen LogP contribution in [0.1, 0.15) is 185 Å². The molecule has 0 aliphatic rings. The number of phenols is 1. The van der Waals surface area contributed by atoms with Crippen molar-refractivity contribution in [2.75, 3.05) is 0 Å². The van der Waals surface area contributed by atoms with Gasteiger partial charge < -0.3 is 5.11 Å². The molecule has 8 rings (SSSR count). The number of hydrogen-bond donors (Lipinski definition) is 1. The number of rotatable bonds is 8. The van der Waals surface area contributed by atoms with Gasteiger partial charge in [0, 0.05) is 56.3 Å². The minimum absolute atomic E-state index is 0. The molecule has 0 bridgehead atoms. The molecule has 0 radical (unpaired) electrons. The van der Waals surface area contributed by atoms with Crippen molar-refractivity contribution in [1.29, 1.82) is 0 Å². The van der Waals surface area contributed by atoms with Crippen molar-refractivity contribution in [2.24, 2.45) is 0 Å². The summed E-state index contributed by atoms with van der Waals surface area (Å²) in [5.41, 5.74) is 1.92. The predicted octanol–water partition coefficient (Wildman–Crippen LogP) is 18.0. The van der Waals surface area contributed by atoms with E-state index in [9.17, 15) is 13.3 Å². The van der Waals surface area contributed by atoms with Gasteiger partial charge in [-0.25, -0.2) is 4.98 Å². The van der Waals surface area contributed by atoms with E-state index < -0.39 is 84.7 Å². The van der Waals surface area contributed by atoms with Crippen LogP contribution in [-0.4, -0.2) is 19.6 Å². The van der Waals surface area contributed by atoms with Crippen LogP contribution in [0.2, 0.25) is 0 Å². The zero-order valence-electron chi connectivity index (χ0n) is 59.4. The summed E-state index contributed by atoms with van der Waals surface area (Å²) in [6, 6.07) is 27.0. The minimum Gasteiger partial charge on any atom is -0.507 e. The summed E-state index contributed by atoms with van der Waals surface area (Å²) in [4.78, 5) is 10.1. The average Bonchev–Trinajstić information content (AvgIpc) is 0.884. The van der Waals surface area contributed by atoms with E-state index in [1.54, 1.807) is 16.7 Å². The minimum atomic E-state index is -3.85. The van der Waals surface area contributed by atoms with Crippen molar-refractivity contribution >= 4 is 11.0 Å². The van der Waals surface area contributed by atoms with Crippen molar-refractivity contribution in [1.82, 2.24) is 14.5 Å². The molecule has 0 saturated carbocycles. The van der Waals surface area contributed by atoms with Crippen LogP contribution in [0.3, 0.4) is 0 Å². The third kappa shape index (κ3) is 10.3. The summed E-state index contributed by atoms with van der Waals surface area (Å²) in [6.45, 7) is 11.8. The Kier molecular flexibility index (Phi) is 9.31. The second-order valence-electron chi connectivity index (χ2n) is 21.9. The largest absolute Gasteiger partial charge is 0.507 e. The Hall–Kier alpha value is -5.57. The maximum atomic E-state index is 12.7. The number of imidazole rings is 1. The van der Waals surface area contributed by atoms with Gasteiger partial charge in [0.15, 0.2) is 0 Å². The van der Waals surface area contributed by atoms with E-state index in [2.05, 4.69) is 45.7 Å². The molecule has 2 aromatic heterocycles. The fourth-order valence-corrected chi connectivity index (χ4v) is 8.89. The first-order valence-electron chi connectivity index (χ1n) is 32.0. The van der Waals surface area contributed by atoms with E-state index in [-0.39, 0.29) is 66.6 Å². The van der Waals surface area contributed by atoms with E-state index in [1.807, 2.05) is 122 Å². The van der Waals surface area contributed by atoms with E-state index >= 15 is 0 Å². The molecule has 0 fully saturated rings. The topological polar surface area (TPSA) is 50.9 Å². The van der Waals surface area contributed by atoms with Crippen LogP contribution in [0.15, 0.2) is 121 Å². The Morgan fingerprint density at radius 3 is 1.93 bits per heavy atom. The second-order valence-corrected chi connectivity index (χ2v) is 21.9. The maximum Gasteiger partial charge on any atom is 0.148 e. The molecule has 70 heavy (non-hydrogen) atoms. The molecule has 0 atom stereocenters. The van der Waals surface area contributed by atoms with Gasteiger partial charge >= 0.3 is 0 Å². The van der Waals surface area contributed by atoms with Gasteiger partial charge in [-0.2, -0.15) is 0 Å². The van der Waals surface area contributed by atoms with Gasteiger partial charge in [-0.1, -0.05) is 194 Å². The Labute approximate surface area is 458 Å². The molecule has 0 spiro atoms. The van der Waals surface area contributed by atoms with Crippen molar-refractivity contribution in [2.45, 2.75) is 151 Å². The maximum absolute atomic E-state index is 12.7. The van der Waals surface area contributed by atoms with Crippen LogP contribution in [0, 0.1) is 12.9 Å². The number of hydrogen-bond acceptors (Lipinski definition) is 3. The normalized spacial score (nSPS) is 17.0. The molecule has 366 valence electrons. The van der Waals surface area contributed by atoms with Gasteiger partial charge in [-0.15, -0.1) is 29.3 Å². The van der Waals surface area contributed by atoms with Crippen LogP contribution in [0.25, 0.3) is 72.7 Å². The number of pyridine rings is 1. The van der Waals surface area contributed by atoms with Gasteiger partial charge in [0.2, 0.25) is 0 Å². The zero-order valence-corrected chi connectivity index (χ0v) is 44.7. The first-order chi connectivity index (χ1) is 39.2. The summed E-state index contributed by atoms with van der Waals surface area (Å²) in [5, 5.41) is 12.7. The molecule has 0 unspecified atom stereocenters. The van der Waals surface area contributed by atoms with Crippen LogP contribution >= 0.6 is 0 Å². The van der Waals surface area contributed by atoms with Crippen molar-refractivity contribution in [3.63, 3.8) is 0 Å². The van der Waals surface area contributed by atoms with Crippen LogP contribution in [-0.2, 0) is 42.7 Å². The number of aromatic nitrogens is 3. The van der Waals surface area contributed by atoms with Gasteiger partial charge in [0.05, 0.1) is 27.8 Å². The smallest absolute Gasteiger partial charge is 0.148 e. The second kappa shape index (κ2) is 19.2. The summed E-state index contributed by atoms with van der Waals surface area (Å²) >= 11 is 0. The molecule has 5 heteroatoms. The van der Waals surface area contributed by atoms with Crippen molar-refractivity contribution in [3.8, 4) is 67.5 Å². The fourth-order valence-electron chi connectivity index (χ4n) is 8.89. The molecular weight excluding hydrogens is 1030 g/mol. The number of benzene rings is 6. The average molecular weight is 1130 g/mol. The van der Waals surface area contributed by atoms with Crippen molar-refractivity contribution in [3.05, 3.63) is 166 Å². The Morgan fingerprint density at radius 2 is 1.30 bits per heavy atom. The molecule has 0 amide bonds. The molecule has 0 saturated heterocycles. The summed E-state index contributed by atoms with van der Waals surface area (Å²) < 4.78 is 150. The van der Waals surface area contributed by atoms with Gasteiger partial charge in [0.25, 0.3) is 0 Å². The van der Waals surface area contributed by atoms with E-state index in [0.717, 1.165) is 27.8 Å². The molecule has 4 nitrogen and oxygen atoms in total. The third-order valence-electron chi connectivity index (χ3n) is 12.8. The third-order valence-corrected chi connectivity index (χ3v) is 12.8. The van der Waals surface area contributed by atoms with E-state index in [0.29, 0.717) is 44.4 Å². The fraction of sp³-hybridized carbons (Fsp3) is 0.354. The zero-order chi connectivity index (χ0) is 64.5. The summed E-state index contributed by atoms with van der Waals surface area (Å²) in [5.74, 6) is -0.777. The van der Waals surface area contributed by atoms with Crippen LogP contribution < -0.4 is 0 Å².